The van der Waals surface area contributed by atoms with E-state index in [9.17, 15) is 9.18 Å². The SMILES string of the molecule is CN1CCN(Cc2ccc(F)cc2Br)CC1=O. The molecule has 0 radical (unpaired) electrons. The van der Waals surface area contributed by atoms with Crippen molar-refractivity contribution in [3.63, 3.8) is 0 Å². The minimum absolute atomic E-state index is 0.134. The number of hydrogen-bond donors (Lipinski definition) is 0. The maximum Gasteiger partial charge on any atom is 0.236 e. The van der Waals surface area contributed by atoms with E-state index in [2.05, 4.69) is 20.8 Å². The number of nitrogens with zero attached hydrogens (tertiary/aromatic N) is 2. The fourth-order valence-corrected chi connectivity index (χ4v) is 2.31. The number of halogens is 2. The molecule has 0 N–H and O–H groups in total. The average molecular weight is 301 g/mol. The van der Waals surface area contributed by atoms with Crippen LogP contribution in [0.1, 0.15) is 5.56 Å². The normalized spacial score (nSPS) is 17.6. The molecule has 0 saturated carbocycles. The van der Waals surface area contributed by atoms with Crippen LogP contribution < -0.4 is 0 Å². The number of carbonyl (C=O) groups excluding carboxylic acids is 1. The Balaban J connectivity index is 2.04. The summed E-state index contributed by atoms with van der Waals surface area (Å²) in [5, 5.41) is 0. The van der Waals surface area contributed by atoms with Crippen LogP contribution in [0.3, 0.4) is 0 Å². The first kappa shape index (κ1) is 12.5. The van der Waals surface area contributed by atoms with Crippen molar-refractivity contribution >= 4 is 21.8 Å². The van der Waals surface area contributed by atoms with Gasteiger partial charge in [0.25, 0.3) is 0 Å². The van der Waals surface area contributed by atoms with E-state index in [1.54, 1.807) is 11.0 Å². The van der Waals surface area contributed by atoms with Crippen LogP contribution in [0.2, 0.25) is 0 Å². The fraction of sp³-hybridized carbons (Fsp3) is 0.417. The largest absolute Gasteiger partial charge is 0.343 e. The molecule has 0 atom stereocenters. The zero-order valence-corrected chi connectivity index (χ0v) is 11.2. The molecule has 1 aliphatic heterocycles. The molecular formula is C12H14BrFN2O. The van der Waals surface area contributed by atoms with Crippen LogP contribution in [0.15, 0.2) is 22.7 Å². The summed E-state index contributed by atoms with van der Waals surface area (Å²) in [7, 11) is 1.81. The predicted octanol–water partition coefficient (Wildman–Crippen LogP) is 1.86. The highest BCUT2D eigenvalue weighted by molar-refractivity contribution is 9.10. The molecule has 5 heteroatoms. The molecule has 1 saturated heterocycles. The fourth-order valence-electron chi connectivity index (χ4n) is 1.83. The summed E-state index contributed by atoms with van der Waals surface area (Å²) in [5.74, 6) is -0.121. The summed E-state index contributed by atoms with van der Waals surface area (Å²) in [6.45, 7) is 2.70. The van der Waals surface area contributed by atoms with E-state index in [1.165, 1.54) is 12.1 Å². The Morgan fingerprint density at radius 3 is 2.82 bits per heavy atom. The summed E-state index contributed by atoms with van der Waals surface area (Å²) < 4.78 is 13.7. The number of rotatable bonds is 2. The third kappa shape index (κ3) is 3.04. The molecule has 1 amide bonds. The molecule has 1 heterocycles. The van der Waals surface area contributed by atoms with Crippen LogP contribution in [0, 0.1) is 5.82 Å². The average Bonchev–Trinajstić information content (AvgIpc) is 2.27. The lowest BCUT2D eigenvalue weighted by Crippen LogP contribution is -2.48. The van der Waals surface area contributed by atoms with Gasteiger partial charge in [-0.1, -0.05) is 22.0 Å². The zero-order valence-electron chi connectivity index (χ0n) is 9.62. The van der Waals surface area contributed by atoms with Crippen LogP contribution >= 0.6 is 15.9 Å². The van der Waals surface area contributed by atoms with Crippen molar-refractivity contribution in [3.05, 3.63) is 34.1 Å². The number of carbonyl (C=O) groups is 1. The van der Waals surface area contributed by atoms with Gasteiger partial charge in [0, 0.05) is 31.2 Å². The molecule has 1 aromatic rings. The molecule has 92 valence electrons. The highest BCUT2D eigenvalue weighted by Gasteiger charge is 2.21. The number of piperazine rings is 1. The number of hydrogen-bond acceptors (Lipinski definition) is 2. The van der Waals surface area contributed by atoms with E-state index < -0.39 is 0 Å². The van der Waals surface area contributed by atoms with E-state index in [0.29, 0.717) is 13.1 Å². The topological polar surface area (TPSA) is 23.6 Å². The number of likely N-dealkylation sites (N-methyl/N-ethyl adjacent to an activating group) is 1. The Labute approximate surface area is 108 Å². The third-order valence-corrected chi connectivity index (χ3v) is 3.68. The van der Waals surface area contributed by atoms with Crippen LogP contribution in [0.25, 0.3) is 0 Å². The van der Waals surface area contributed by atoms with Crippen LogP contribution in [-0.4, -0.2) is 42.4 Å². The van der Waals surface area contributed by atoms with Gasteiger partial charge in [0.15, 0.2) is 0 Å². The first-order chi connectivity index (χ1) is 8.06. The lowest BCUT2D eigenvalue weighted by atomic mass is 10.2. The highest BCUT2D eigenvalue weighted by Crippen LogP contribution is 2.20. The van der Waals surface area contributed by atoms with Crippen LogP contribution in [0.5, 0.6) is 0 Å². The second kappa shape index (κ2) is 5.14. The highest BCUT2D eigenvalue weighted by atomic mass is 79.9. The van der Waals surface area contributed by atoms with Gasteiger partial charge in [0.05, 0.1) is 6.54 Å². The number of amides is 1. The van der Waals surface area contributed by atoms with Gasteiger partial charge in [-0.3, -0.25) is 9.69 Å². The maximum atomic E-state index is 12.9. The molecule has 0 spiro atoms. The van der Waals surface area contributed by atoms with Gasteiger partial charge in [-0.15, -0.1) is 0 Å². The summed E-state index contributed by atoms with van der Waals surface area (Å²) in [6.07, 6.45) is 0. The second-order valence-electron chi connectivity index (χ2n) is 4.26. The van der Waals surface area contributed by atoms with Gasteiger partial charge in [0.2, 0.25) is 5.91 Å². The Hall–Kier alpha value is -0.940. The quantitative estimate of drug-likeness (QED) is 0.832. The molecule has 0 aliphatic carbocycles. The van der Waals surface area contributed by atoms with Crippen molar-refractivity contribution in [3.8, 4) is 0 Å². The second-order valence-corrected chi connectivity index (χ2v) is 5.12. The molecule has 0 bridgehead atoms. The van der Waals surface area contributed by atoms with Gasteiger partial charge in [-0.05, 0) is 17.7 Å². The van der Waals surface area contributed by atoms with Crippen molar-refractivity contribution in [2.75, 3.05) is 26.7 Å². The minimum Gasteiger partial charge on any atom is -0.343 e. The van der Waals surface area contributed by atoms with E-state index >= 15 is 0 Å². The lowest BCUT2D eigenvalue weighted by molar-refractivity contribution is -0.134. The van der Waals surface area contributed by atoms with Gasteiger partial charge in [-0.25, -0.2) is 4.39 Å². The molecule has 1 aromatic carbocycles. The minimum atomic E-state index is -0.255. The van der Waals surface area contributed by atoms with Crippen molar-refractivity contribution in [2.24, 2.45) is 0 Å². The van der Waals surface area contributed by atoms with Gasteiger partial charge in [-0.2, -0.15) is 0 Å². The Kier molecular flexibility index (Phi) is 3.79. The molecule has 17 heavy (non-hydrogen) atoms. The first-order valence-corrected chi connectivity index (χ1v) is 6.26. The lowest BCUT2D eigenvalue weighted by Gasteiger charge is -2.32. The number of benzene rings is 1. The van der Waals surface area contributed by atoms with E-state index in [0.717, 1.165) is 23.1 Å². The van der Waals surface area contributed by atoms with Gasteiger partial charge in [0.1, 0.15) is 5.82 Å². The molecular weight excluding hydrogens is 287 g/mol. The summed E-state index contributed by atoms with van der Waals surface area (Å²) in [6, 6.07) is 4.65. The van der Waals surface area contributed by atoms with Gasteiger partial charge >= 0.3 is 0 Å². The Morgan fingerprint density at radius 2 is 2.18 bits per heavy atom. The molecule has 1 aliphatic rings. The third-order valence-electron chi connectivity index (χ3n) is 2.95. The van der Waals surface area contributed by atoms with Crippen molar-refractivity contribution in [1.29, 1.82) is 0 Å². The van der Waals surface area contributed by atoms with Crippen LogP contribution in [-0.2, 0) is 11.3 Å². The van der Waals surface area contributed by atoms with Crippen molar-refractivity contribution in [1.82, 2.24) is 9.80 Å². The van der Waals surface area contributed by atoms with E-state index in [1.807, 2.05) is 7.05 Å². The van der Waals surface area contributed by atoms with Gasteiger partial charge < -0.3 is 4.90 Å². The summed E-state index contributed by atoms with van der Waals surface area (Å²) in [4.78, 5) is 15.3. The summed E-state index contributed by atoms with van der Waals surface area (Å²) >= 11 is 3.34. The smallest absolute Gasteiger partial charge is 0.236 e. The Bertz CT molecular complexity index is 439. The molecule has 3 nitrogen and oxygen atoms in total. The maximum absolute atomic E-state index is 12.9. The molecule has 0 unspecified atom stereocenters. The first-order valence-electron chi connectivity index (χ1n) is 5.46. The Morgan fingerprint density at radius 1 is 1.41 bits per heavy atom. The predicted molar refractivity (Wildman–Crippen MR) is 67.0 cm³/mol. The van der Waals surface area contributed by atoms with Crippen molar-refractivity contribution in [2.45, 2.75) is 6.54 Å². The van der Waals surface area contributed by atoms with Crippen molar-refractivity contribution < 1.29 is 9.18 Å². The molecule has 0 aromatic heterocycles. The molecule has 2 rings (SSSR count). The van der Waals surface area contributed by atoms with E-state index in [-0.39, 0.29) is 11.7 Å². The standard InChI is InChI=1S/C12H14BrFN2O/c1-15-4-5-16(8-12(15)17)7-9-2-3-10(14)6-11(9)13/h2-3,6H,4-5,7-8H2,1H3. The monoisotopic (exact) mass is 300 g/mol. The molecule has 1 fully saturated rings. The summed E-state index contributed by atoms with van der Waals surface area (Å²) in [5.41, 5.74) is 1.00. The zero-order chi connectivity index (χ0) is 12.4. The van der Waals surface area contributed by atoms with Crippen LogP contribution in [0.4, 0.5) is 4.39 Å². The van der Waals surface area contributed by atoms with E-state index in [4.69, 9.17) is 0 Å².